The van der Waals surface area contributed by atoms with Crippen LogP contribution in [-0.2, 0) is 9.53 Å². The maximum Gasteiger partial charge on any atom is 0.233 e. The summed E-state index contributed by atoms with van der Waals surface area (Å²) in [5.74, 6) is 2.28. The van der Waals surface area contributed by atoms with Crippen molar-refractivity contribution in [3.63, 3.8) is 0 Å². The molecule has 0 spiro atoms. The van der Waals surface area contributed by atoms with Crippen LogP contribution < -0.4 is 24.8 Å². The highest BCUT2D eigenvalue weighted by Gasteiger charge is 2.49. The van der Waals surface area contributed by atoms with Crippen molar-refractivity contribution >= 4 is 11.6 Å². The lowest BCUT2D eigenvalue weighted by molar-refractivity contribution is -0.129. The van der Waals surface area contributed by atoms with Gasteiger partial charge < -0.3 is 29.6 Å². The van der Waals surface area contributed by atoms with Crippen LogP contribution in [0, 0.1) is 5.92 Å². The van der Waals surface area contributed by atoms with Crippen molar-refractivity contribution < 1.29 is 23.7 Å². The summed E-state index contributed by atoms with van der Waals surface area (Å²) in [6, 6.07) is 3.34. The molecule has 1 aliphatic carbocycles. The third kappa shape index (κ3) is 3.20. The van der Waals surface area contributed by atoms with E-state index in [-0.39, 0.29) is 23.9 Å². The Labute approximate surface area is 165 Å². The van der Waals surface area contributed by atoms with E-state index in [4.69, 9.17) is 24.7 Å². The third-order valence-corrected chi connectivity index (χ3v) is 5.48. The zero-order chi connectivity index (χ0) is 20.4. The fraction of sp³-hybridized carbons (Fsp3) is 0.476. The van der Waals surface area contributed by atoms with Gasteiger partial charge in [0.25, 0.3) is 0 Å². The van der Waals surface area contributed by atoms with Gasteiger partial charge in [-0.3, -0.25) is 4.79 Å². The maximum atomic E-state index is 12.9. The number of nitrogens with two attached hydrogens (primary N) is 1. The molecule has 7 nitrogen and oxygen atoms in total. The van der Waals surface area contributed by atoms with Crippen LogP contribution in [0.15, 0.2) is 35.6 Å². The van der Waals surface area contributed by atoms with E-state index in [1.54, 1.807) is 45.5 Å². The molecule has 0 radical (unpaired) electrons. The Morgan fingerprint density at radius 1 is 1.04 bits per heavy atom. The monoisotopic (exact) mass is 388 g/mol. The third-order valence-electron chi connectivity index (χ3n) is 5.48. The minimum absolute atomic E-state index is 0.0546. The molecule has 1 aromatic carbocycles. The van der Waals surface area contributed by atoms with Gasteiger partial charge in [0.05, 0.1) is 52.1 Å². The summed E-state index contributed by atoms with van der Waals surface area (Å²) in [4.78, 5) is 14.7. The molecule has 3 rings (SSSR count). The smallest absolute Gasteiger partial charge is 0.233 e. The first-order chi connectivity index (χ1) is 13.5. The van der Waals surface area contributed by atoms with Crippen molar-refractivity contribution in [2.75, 3.05) is 33.3 Å². The van der Waals surface area contributed by atoms with E-state index in [1.165, 1.54) is 0 Å². The van der Waals surface area contributed by atoms with Gasteiger partial charge in [0.1, 0.15) is 5.76 Å². The number of hydrogen-bond acceptors (Lipinski definition) is 6. The minimum atomic E-state index is -0.208. The molecule has 1 aromatic rings. The number of carbonyl (C=O) groups is 1. The van der Waals surface area contributed by atoms with Crippen LogP contribution in [-0.4, -0.2) is 46.4 Å². The number of carbonyl (C=O) groups excluding carboxylic acids is 1. The molecule has 0 aromatic heterocycles. The number of benzene rings is 1. The Morgan fingerprint density at radius 3 is 2.14 bits per heavy atom. The van der Waals surface area contributed by atoms with Gasteiger partial charge >= 0.3 is 0 Å². The van der Waals surface area contributed by atoms with E-state index in [0.717, 1.165) is 17.8 Å². The number of hydrogen-bond donors (Lipinski definition) is 1. The Balaban J connectivity index is 2.02. The van der Waals surface area contributed by atoms with E-state index in [1.807, 2.05) is 19.1 Å². The molecule has 28 heavy (non-hydrogen) atoms. The summed E-state index contributed by atoms with van der Waals surface area (Å²) >= 11 is 0. The summed E-state index contributed by atoms with van der Waals surface area (Å²) < 4.78 is 21.6. The molecule has 0 bridgehead atoms. The number of methoxy groups -OCH3 is 4. The zero-order valence-electron chi connectivity index (χ0n) is 17.0. The van der Waals surface area contributed by atoms with E-state index in [9.17, 15) is 4.79 Å². The second-order valence-electron chi connectivity index (χ2n) is 6.88. The summed E-state index contributed by atoms with van der Waals surface area (Å²) in [6.45, 7) is 2.03. The average molecular weight is 388 g/mol. The van der Waals surface area contributed by atoms with Crippen molar-refractivity contribution in [1.29, 1.82) is 0 Å². The van der Waals surface area contributed by atoms with Crippen LogP contribution in [0.25, 0.3) is 0 Å². The fourth-order valence-electron chi connectivity index (χ4n) is 4.04. The topological polar surface area (TPSA) is 83.2 Å². The molecular formula is C21H28N2O5. The number of ether oxygens (including phenoxy) is 4. The second kappa shape index (κ2) is 8.14. The molecule has 1 aliphatic heterocycles. The fourth-order valence-corrected chi connectivity index (χ4v) is 4.04. The van der Waals surface area contributed by atoms with E-state index in [0.29, 0.717) is 29.4 Å². The Hall–Kier alpha value is -2.67. The van der Waals surface area contributed by atoms with Crippen molar-refractivity contribution in [1.82, 2.24) is 0 Å². The van der Waals surface area contributed by atoms with E-state index < -0.39 is 0 Å². The largest absolute Gasteiger partial charge is 0.499 e. The van der Waals surface area contributed by atoms with Crippen molar-refractivity contribution in [3.8, 4) is 17.2 Å². The summed E-state index contributed by atoms with van der Waals surface area (Å²) in [7, 11) is 6.29. The van der Waals surface area contributed by atoms with Gasteiger partial charge in [0.15, 0.2) is 11.5 Å². The average Bonchev–Trinajstić information content (AvgIpc) is 2.71. The molecule has 0 saturated carbocycles. The maximum absolute atomic E-state index is 12.9. The van der Waals surface area contributed by atoms with Gasteiger partial charge in [-0.25, -0.2) is 0 Å². The lowest BCUT2D eigenvalue weighted by Crippen LogP contribution is -2.62. The SMILES string of the molecule is CC[C@H]1C(=O)N(c2cc(OC)c(OC)c(OC)c2)[C@H]1C1=CC=C(OC)C(N)C1. The van der Waals surface area contributed by atoms with Gasteiger partial charge in [-0.1, -0.05) is 13.0 Å². The number of allylic oxidation sites excluding steroid dienone is 2. The van der Waals surface area contributed by atoms with Gasteiger partial charge in [0, 0.05) is 12.1 Å². The molecule has 1 amide bonds. The summed E-state index contributed by atoms with van der Waals surface area (Å²) in [5, 5.41) is 0. The Kier molecular flexibility index (Phi) is 5.84. The standard InChI is InChI=1S/C21H28N2O5/c1-6-14-19(12-7-8-16(25-2)15(22)9-12)23(21(14)24)13-10-17(26-3)20(28-5)18(11-13)27-4/h7-8,10-11,14-15,19H,6,9,22H2,1-5H3/t14-,15?,19+/m1/s1. The number of β-lactam (4-membered cyclic amide) rings is 1. The normalized spacial score (nSPS) is 24.1. The molecule has 1 unspecified atom stereocenters. The van der Waals surface area contributed by atoms with Crippen molar-refractivity contribution in [2.24, 2.45) is 11.7 Å². The molecular weight excluding hydrogens is 360 g/mol. The lowest BCUT2D eigenvalue weighted by Gasteiger charge is -2.49. The van der Waals surface area contributed by atoms with Crippen LogP contribution >= 0.6 is 0 Å². The lowest BCUT2D eigenvalue weighted by atomic mass is 9.76. The number of anilines is 1. The highest BCUT2D eigenvalue weighted by atomic mass is 16.5. The first kappa shape index (κ1) is 20.1. The molecule has 7 heteroatoms. The summed E-state index contributed by atoms with van der Waals surface area (Å²) in [5.41, 5.74) is 8.07. The molecule has 1 saturated heterocycles. The van der Waals surface area contributed by atoms with Crippen LogP contribution in [0.2, 0.25) is 0 Å². The van der Waals surface area contributed by atoms with E-state index in [2.05, 4.69) is 0 Å². The predicted octanol–water partition coefficient (Wildman–Crippen LogP) is 2.64. The molecule has 1 heterocycles. The first-order valence-electron chi connectivity index (χ1n) is 9.33. The van der Waals surface area contributed by atoms with Gasteiger partial charge in [-0.15, -0.1) is 0 Å². The second-order valence-corrected chi connectivity index (χ2v) is 6.88. The minimum Gasteiger partial charge on any atom is -0.499 e. The molecule has 1 fully saturated rings. The van der Waals surface area contributed by atoms with Crippen LogP contribution in [0.4, 0.5) is 5.69 Å². The van der Waals surface area contributed by atoms with Crippen LogP contribution in [0.5, 0.6) is 17.2 Å². The Bertz CT molecular complexity index is 792. The quantitative estimate of drug-likeness (QED) is 0.723. The van der Waals surface area contributed by atoms with Crippen molar-refractivity contribution in [3.05, 3.63) is 35.6 Å². The highest BCUT2D eigenvalue weighted by molar-refractivity contribution is 6.04. The van der Waals surface area contributed by atoms with Gasteiger partial charge in [0.2, 0.25) is 11.7 Å². The van der Waals surface area contributed by atoms with Crippen LogP contribution in [0.1, 0.15) is 19.8 Å². The molecule has 152 valence electrons. The Morgan fingerprint density at radius 2 is 1.68 bits per heavy atom. The number of rotatable bonds is 7. The predicted molar refractivity (Wildman–Crippen MR) is 107 cm³/mol. The summed E-state index contributed by atoms with van der Waals surface area (Å²) in [6.07, 6.45) is 5.33. The number of nitrogens with zero attached hydrogens (tertiary/aromatic N) is 1. The molecule has 2 aliphatic rings. The van der Waals surface area contributed by atoms with Gasteiger partial charge in [-0.05, 0) is 24.5 Å². The molecule has 3 atom stereocenters. The van der Waals surface area contributed by atoms with Gasteiger partial charge in [-0.2, -0.15) is 0 Å². The number of amides is 1. The first-order valence-corrected chi connectivity index (χ1v) is 9.33. The molecule has 2 N–H and O–H groups in total. The van der Waals surface area contributed by atoms with Crippen molar-refractivity contribution in [2.45, 2.75) is 31.8 Å². The zero-order valence-corrected chi connectivity index (χ0v) is 17.0. The van der Waals surface area contributed by atoms with E-state index >= 15 is 0 Å². The van der Waals surface area contributed by atoms with Crippen LogP contribution in [0.3, 0.4) is 0 Å². The highest BCUT2D eigenvalue weighted by Crippen LogP contribution is 2.46.